The molecule has 0 N–H and O–H groups in total. The number of hydrogen-bond donors (Lipinski definition) is 0. The second-order valence-corrected chi connectivity index (χ2v) is 8.93. The van der Waals surface area contributed by atoms with Gasteiger partial charge >= 0.3 is 0 Å². The van der Waals surface area contributed by atoms with Gasteiger partial charge in [-0.3, -0.25) is 19.3 Å². The molecule has 0 radical (unpaired) electrons. The minimum Gasteiger partial charge on any atom is -0.345 e. The van der Waals surface area contributed by atoms with Crippen molar-refractivity contribution in [2.24, 2.45) is 5.92 Å². The summed E-state index contributed by atoms with van der Waals surface area (Å²) in [7, 11) is 1.75. The average Bonchev–Trinajstić information content (AvgIpc) is 3.05. The molecule has 1 aromatic rings. The molecule has 0 aromatic carbocycles. The zero-order valence-corrected chi connectivity index (χ0v) is 17.1. The number of amides is 2. The molecule has 1 aromatic heterocycles. The standard InChI is InChI=1S/C19H27N5O3S/c1-21-12-14(10-17(21)25)19(27)23-6-3-22(4-7-23)5-8-24-18(26)11-15-13-28-9-2-16(15)20-24/h11,14H,2-10,12-13H2,1H3. The van der Waals surface area contributed by atoms with Crippen molar-refractivity contribution in [3.8, 4) is 0 Å². The predicted octanol–water partition coefficient (Wildman–Crippen LogP) is -0.345. The van der Waals surface area contributed by atoms with E-state index in [-0.39, 0.29) is 23.3 Å². The van der Waals surface area contributed by atoms with E-state index in [4.69, 9.17) is 0 Å². The molecule has 9 heteroatoms. The summed E-state index contributed by atoms with van der Waals surface area (Å²) >= 11 is 1.85. The molecule has 3 aliphatic rings. The minimum atomic E-state index is -0.194. The van der Waals surface area contributed by atoms with Crippen molar-refractivity contribution < 1.29 is 9.59 Å². The molecule has 0 aliphatic carbocycles. The second-order valence-electron chi connectivity index (χ2n) is 7.82. The lowest BCUT2D eigenvalue weighted by Crippen LogP contribution is -2.51. The molecule has 4 rings (SSSR count). The van der Waals surface area contributed by atoms with E-state index in [9.17, 15) is 14.4 Å². The molecule has 152 valence electrons. The zero-order valence-electron chi connectivity index (χ0n) is 16.3. The zero-order chi connectivity index (χ0) is 19.7. The van der Waals surface area contributed by atoms with E-state index in [1.165, 1.54) is 0 Å². The molecule has 2 amide bonds. The van der Waals surface area contributed by atoms with Crippen LogP contribution < -0.4 is 5.56 Å². The Morgan fingerprint density at radius 3 is 2.71 bits per heavy atom. The van der Waals surface area contributed by atoms with Crippen molar-refractivity contribution >= 4 is 23.6 Å². The van der Waals surface area contributed by atoms with Gasteiger partial charge in [0.1, 0.15) is 0 Å². The highest BCUT2D eigenvalue weighted by Crippen LogP contribution is 2.21. The first kappa shape index (κ1) is 19.4. The molecule has 28 heavy (non-hydrogen) atoms. The van der Waals surface area contributed by atoms with Gasteiger partial charge in [-0.05, 0) is 11.3 Å². The number of likely N-dealkylation sites (tertiary alicyclic amines) is 1. The van der Waals surface area contributed by atoms with Crippen LogP contribution in [0.1, 0.15) is 17.7 Å². The van der Waals surface area contributed by atoms with Crippen molar-refractivity contribution in [1.82, 2.24) is 24.5 Å². The Kier molecular flexibility index (Phi) is 5.73. The number of piperazine rings is 1. The normalized spacial score (nSPS) is 23.2. The molecule has 2 saturated heterocycles. The van der Waals surface area contributed by atoms with E-state index in [0.717, 1.165) is 48.8 Å². The van der Waals surface area contributed by atoms with E-state index in [1.54, 1.807) is 22.7 Å². The van der Waals surface area contributed by atoms with Crippen LogP contribution in [0.25, 0.3) is 0 Å². The van der Waals surface area contributed by atoms with Gasteiger partial charge in [-0.2, -0.15) is 16.9 Å². The smallest absolute Gasteiger partial charge is 0.267 e. The largest absolute Gasteiger partial charge is 0.345 e. The third-order valence-electron chi connectivity index (χ3n) is 5.91. The van der Waals surface area contributed by atoms with Gasteiger partial charge in [0.25, 0.3) is 5.56 Å². The van der Waals surface area contributed by atoms with Gasteiger partial charge in [-0.15, -0.1) is 0 Å². The molecule has 0 spiro atoms. The molecular formula is C19H27N5O3S. The van der Waals surface area contributed by atoms with Crippen LogP contribution in [0.4, 0.5) is 0 Å². The average molecular weight is 406 g/mol. The van der Waals surface area contributed by atoms with Gasteiger partial charge in [-0.1, -0.05) is 0 Å². The molecule has 4 heterocycles. The lowest BCUT2D eigenvalue weighted by Gasteiger charge is -2.35. The van der Waals surface area contributed by atoms with Crippen molar-refractivity contribution in [1.29, 1.82) is 0 Å². The molecule has 2 fully saturated rings. The summed E-state index contributed by atoms with van der Waals surface area (Å²) in [6, 6.07) is 1.74. The third-order valence-corrected chi connectivity index (χ3v) is 6.92. The fraction of sp³-hybridized carbons (Fsp3) is 0.684. The van der Waals surface area contributed by atoms with Crippen LogP contribution in [0.3, 0.4) is 0 Å². The van der Waals surface area contributed by atoms with Gasteiger partial charge < -0.3 is 9.80 Å². The number of thioether (sulfide) groups is 1. The van der Waals surface area contributed by atoms with Crippen LogP contribution in [-0.2, 0) is 28.3 Å². The number of hydrogen-bond acceptors (Lipinski definition) is 6. The minimum absolute atomic E-state index is 0.0231. The Morgan fingerprint density at radius 1 is 1.21 bits per heavy atom. The first-order valence-electron chi connectivity index (χ1n) is 9.94. The highest BCUT2D eigenvalue weighted by atomic mass is 32.2. The van der Waals surface area contributed by atoms with Gasteiger partial charge in [0, 0.05) is 71.0 Å². The summed E-state index contributed by atoms with van der Waals surface area (Å²) in [5.41, 5.74) is 2.12. The van der Waals surface area contributed by atoms with E-state index < -0.39 is 0 Å². The second kappa shape index (κ2) is 8.24. The lowest BCUT2D eigenvalue weighted by atomic mass is 10.1. The Hall–Kier alpha value is -1.87. The Morgan fingerprint density at radius 2 is 2.00 bits per heavy atom. The number of rotatable bonds is 4. The monoisotopic (exact) mass is 405 g/mol. The number of carbonyl (C=O) groups is 2. The van der Waals surface area contributed by atoms with Crippen molar-refractivity contribution in [2.75, 3.05) is 52.1 Å². The molecule has 8 nitrogen and oxygen atoms in total. The van der Waals surface area contributed by atoms with Crippen LogP contribution in [0.5, 0.6) is 0 Å². The fourth-order valence-corrected chi connectivity index (χ4v) is 5.08. The Balaban J connectivity index is 1.28. The summed E-state index contributed by atoms with van der Waals surface area (Å²) in [5, 5.41) is 4.57. The summed E-state index contributed by atoms with van der Waals surface area (Å²) in [5.74, 6) is 1.91. The Labute approximate surface area is 168 Å². The SMILES string of the molecule is CN1CC(C(=O)N2CCN(CCn3nc4c(cc3=O)CSCC4)CC2)CC1=O. The maximum atomic E-state index is 12.6. The number of fused-ring (bicyclic) bond motifs is 1. The highest BCUT2D eigenvalue weighted by Gasteiger charge is 2.35. The summed E-state index contributed by atoms with van der Waals surface area (Å²) < 4.78 is 1.59. The van der Waals surface area contributed by atoms with Gasteiger partial charge in [-0.25, -0.2) is 4.68 Å². The van der Waals surface area contributed by atoms with Gasteiger partial charge in [0.15, 0.2) is 0 Å². The van der Waals surface area contributed by atoms with Gasteiger partial charge in [0.05, 0.1) is 18.2 Å². The molecular weight excluding hydrogens is 378 g/mol. The van der Waals surface area contributed by atoms with E-state index >= 15 is 0 Å². The van der Waals surface area contributed by atoms with E-state index in [0.29, 0.717) is 32.6 Å². The number of aryl methyl sites for hydroxylation is 1. The van der Waals surface area contributed by atoms with Crippen LogP contribution in [0.15, 0.2) is 10.9 Å². The highest BCUT2D eigenvalue weighted by molar-refractivity contribution is 7.98. The number of carbonyl (C=O) groups excluding carboxylic acids is 2. The summed E-state index contributed by atoms with van der Waals surface area (Å²) in [6.07, 6.45) is 1.26. The summed E-state index contributed by atoms with van der Waals surface area (Å²) in [4.78, 5) is 42.4. The van der Waals surface area contributed by atoms with Crippen LogP contribution in [0, 0.1) is 5.92 Å². The quantitative estimate of drug-likeness (QED) is 0.682. The topological polar surface area (TPSA) is 78.8 Å². The first-order chi connectivity index (χ1) is 13.5. The lowest BCUT2D eigenvalue weighted by molar-refractivity contribution is -0.137. The molecule has 1 unspecified atom stereocenters. The van der Waals surface area contributed by atoms with Crippen molar-refractivity contribution in [2.45, 2.75) is 25.1 Å². The number of nitrogens with zero attached hydrogens (tertiary/aromatic N) is 5. The summed E-state index contributed by atoms with van der Waals surface area (Å²) in [6.45, 7) is 4.80. The maximum Gasteiger partial charge on any atom is 0.267 e. The molecule has 1 atom stereocenters. The Bertz CT molecular complexity index is 818. The first-order valence-corrected chi connectivity index (χ1v) is 11.1. The molecule has 3 aliphatic heterocycles. The molecule has 0 saturated carbocycles. The maximum absolute atomic E-state index is 12.6. The van der Waals surface area contributed by atoms with Crippen molar-refractivity contribution in [3.63, 3.8) is 0 Å². The van der Waals surface area contributed by atoms with Gasteiger partial charge in [0.2, 0.25) is 11.8 Å². The van der Waals surface area contributed by atoms with Crippen LogP contribution in [-0.4, -0.2) is 88.4 Å². The fourth-order valence-electron chi connectivity index (χ4n) is 4.13. The molecule has 0 bridgehead atoms. The van der Waals surface area contributed by atoms with E-state index in [1.807, 2.05) is 16.7 Å². The predicted molar refractivity (Wildman–Crippen MR) is 107 cm³/mol. The van der Waals surface area contributed by atoms with Crippen LogP contribution in [0.2, 0.25) is 0 Å². The third kappa shape index (κ3) is 4.10. The van der Waals surface area contributed by atoms with Crippen molar-refractivity contribution in [3.05, 3.63) is 27.7 Å². The van der Waals surface area contributed by atoms with E-state index in [2.05, 4.69) is 10.00 Å². The van der Waals surface area contributed by atoms with Crippen LogP contribution >= 0.6 is 11.8 Å². The number of aromatic nitrogens is 2.